The molecule has 4 aromatic rings. The number of nitrogens with two attached hydrogens (primary N) is 1. The zero-order valence-corrected chi connectivity index (χ0v) is 18.1. The Hall–Kier alpha value is -3.56. The van der Waals surface area contributed by atoms with Crippen LogP contribution in [0.3, 0.4) is 0 Å². The van der Waals surface area contributed by atoms with Gasteiger partial charge in [-0.15, -0.1) is 11.3 Å². The predicted octanol–water partition coefficient (Wildman–Crippen LogP) is 4.14. The van der Waals surface area contributed by atoms with Crippen LogP contribution >= 0.6 is 11.3 Å². The largest absolute Gasteiger partial charge is 0.366 e. The van der Waals surface area contributed by atoms with E-state index in [0.717, 1.165) is 5.56 Å². The van der Waals surface area contributed by atoms with E-state index in [0.29, 0.717) is 17.1 Å². The number of amides is 1. The smallest absolute Gasteiger partial charge is 0.270 e. The minimum Gasteiger partial charge on any atom is -0.366 e. The molecule has 2 aromatic heterocycles. The van der Waals surface area contributed by atoms with Crippen molar-refractivity contribution in [1.82, 2.24) is 9.97 Å². The SMILES string of the molecule is Cc1cccc(N(c2nc(-c3ccccn3)cs2)S(=O)(=O)c2ccc(C(N)=O)cc2)c1. The van der Waals surface area contributed by atoms with Gasteiger partial charge in [0, 0.05) is 17.1 Å². The highest BCUT2D eigenvalue weighted by atomic mass is 32.2. The van der Waals surface area contributed by atoms with Crippen molar-refractivity contribution in [1.29, 1.82) is 0 Å². The molecule has 2 heterocycles. The molecule has 2 N–H and O–H groups in total. The third-order valence-corrected chi connectivity index (χ3v) is 7.18. The van der Waals surface area contributed by atoms with E-state index in [-0.39, 0.29) is 15.6 Å². The number of rotatable bonds is 6. The molecule has 156 valence electrons. The Labute approximate surface area is 183 Å². The number of aryl methyl sites for hydroxylation is 1. The first-order valence-electron chi connectivity index (χ1n) is 9.25. The lowest BCUT2D eigenvalue weighted by molar-refractivity contribution is 0.1000. The third kappa shape index (κ3) is 4.18. The first kappa shape index (κ1) is 20.7. The molecule has 0 radical (unpaired) electrons. The van der Waals surface area contributed by atoms with Gasteiger partial charge in [0.05, 0.1) is 16.3 Å². The van der Waals surface area contributed by atoms with Crippen molar-refractivity contribution in [2.45, 2.75) is 11.8 Å². The number of primary amides is 1. The van der Waals surface area contributed by atoms with Gasteiger partial charge in [0.15, 0.2) is 0 Å². The second-order valence-corrected chi connectivity index (χ2v) is 9.35. The summed E-state index contributed by atoms with van der Waals surface area (Å²) >= 11 is 1.20. The molecule has 0 atom stereocenters. The number of hydrogen-bond acceptors (Lipinski definition) is 6. The predicted molar refractivity (Wildman–Crippen MR) is 121 cm³/mol. The number of pyridine rings is 1. The molecular weight excluding hydrogens is 432 g/mol. The molecule has 0 bridgehead atoms. The van der Waals surface area contributed by atoms with Gasteiger partial charge in [-0.05, 0) is 61.0 Å². The summed E-state index contributed by atoms with van der Waals surface area (Å²) in [5.41, 5.74) is 8.10. The summed E-state index contributed by atoms with van der Waals surface area (Å²) in [7, 11) is -4.03. The summed E-state index contributed by atoms with van der Waals surface area (Å²) in [4.78, 5) is 20.2. The van der Waals surface area contributed by atoms with Gasteiger partial charge in [-0.3, -0.25) is 9.78 Å². The minimum absolute atomic E-state index is 0.0218. The second-order valence-electron chi connectivity index (χ2n) is 6.73. The molecule has 0 saturated carbocycles. The van der Waals surface area contributed by atoms with E-state index >= 15 is 0 Å². The van der Waals surface area contributed by atoms with Crippen LogP contribution in [-0.4, -0.2) is 24.3 Å². The number of carbonyl (C=O) groups excluding carboxylic acids is 1. The average molecular weight is 451 g/mol. The summed E-state index contributed by atoms with van der Waals surface area (Å²) in [5.74, 6) is -0.626. The number of hydrogen-bond donors (Lipinski definition) is 1. The Bertz CT molecular complexity index is 1330. The second kappa shape index (κ2) is 8.29. The lowest BCUT2D eigenvalue weighted by atomic mass is 10.2. The van der Waals surface area contributed by atoms with Crippen molar-refractivity contribution in [2.24, 2.45) is 5.73 Å². The molecule has 0 aliphatic carbocycles. The highest BCUT2D eigenvalue weighted by molar-refractivity contribution is 7.93. The van der Waals surface area contributed by atoms with Crippen LogP contribution in [0.15, 0.2) is 83.2 Å². The molecule has 0 fully saturated rings. The lowest BCUT2D eigenvalue weighted by Crippen LogP contribution is -2.26. The Balaban J connectivity index is 1.84. The zero-order chi connectivity index (χ0) is 22.0. The maximum atomic E-state index is 13.6. The van der Waals surface area contributed by atoms with Crippen LogP contribution in [0.25, 0.3) is 11.4 Å². The van der Waals surface area contributed by atoms with Gasteiger partial charge in [0.25, 0.3) is 10.0 Å². The molecule has 4 rings (SSSR count). The molecule has 7 nitrogen and oxygen atoms in total. The molecule has 1 amide bonds. The molecule has 0 aliphatic rings. The van der Waals surface area contributed by atoms with Gasteiger partial charge < -0.3 is 5.73 Å². The highest BCUT2D eigenvalue weighted by Crippen LogP contribution is 2.36. The molecule has 9 heteroatoms. The number of aromatic nitrogens is 2. The fourth-order valence-corrected chi connectivity index (χ4v) is 5.49. The van der Waals surface area contributed by atoms with Gasteiger partial charge in [-0.1, -0.05) is 18.2 Å². The molecule has 0 unspecified atom stereocenters. The Morgan fingerprint density at radius 3 is 2.42 bits per heavy atom. The van der Waals surface area contributed by atoms with Gasteiger partial charge in [0.2, 0.25) is 11.0 Å². The Morgan fingerprint density at radius 1 is 1.00 bits per heavy atom. The van der Waals surface area contributed by atoms with Crippen molar-refractivity contribution in [3.05, 3.63) is 89.4 Å². The summed E-state index contributed by atoms with van der Waals surface area (Å²) in [5, 5.41) is 2.05. The topological polar surface area (TPSA) is 106 Å². The van der Waals surface area contributed by atoms with Gasteiger partial charge in [-0.2, -0.15) is 0 Å². The van der Waals surface area contributed by atoms with E-state index in [2.05, 4.69) is 9.97 Å². The standard InChI is InChI=1S/C22H18N4O3S2/c1-15-5-4-6-17(13-15)26(22-25-20(14-30-22)19-7-2-3-12-24-19)31(28,29)18-10-8-16(9-11-18)21(23)27/h2-14H,1H3,(H2,23,27). The number of anilines is 2. The summed E-state index contributed by atoms with van der Waals surface area (Å²) in [6.07, 6.45) is 1.66. The highest BCUT2D eigenvalue weighted by Gasteiger charge is 2.29. The van der Waals surface area contributed by atoms with E-state index in [1.54, 1.807) is 35.8 Å². The van der Waals surface area contributed by atoms with Crippen LogP contribution in [0.1, 0.15) is 15.9 Å². The van der Waals surface area contributed by atoms with Crippen molar-refractivity contribution in [3.63, 3.8) is 0 Å². The number of carbonyl (C=O) groups is 1. The van der Waals surface area contributed by atoms with E-state index in [1.165, 1.54) is 39.9 Å². The quantitative estimate of drug-likeness (QED) is 0.475. The molecule has 31 heavy (non-hydrogen) atoms. The maximum Gasteiger partial charge on any atom is 0.270 e. The fraction of sp³-hybridized carbons (Fsp3) is 0.0455. The van der Waals surface area contributed by atoms with Crippen LogP contribution in [0.2, 0.25) is 0 Å². The average Bonchev–Trinajstić information content (AvgIpc) is 3.24. The first-order valence-corrected chi connectivity index (χ1v) is 11.6. The first-order chi connectivity index (χ1) is 14.9. The molecule has 0 saturated heterocycles. The Kier molecular flexibility index (Phi) is 5.53. The van der Waals surface area contributed by atoms with Crippen LogP contribution in [0.5, 0.6) is 0 Å². The van der Waals surface area contributed by atoms with Crippen LogP contribution in [0.4, 0.5) is 10.8 Å². The van der Waals surface area contributed by atoms with E-state index < -0.39 is 15.9 Å². The van der Waals surface area contributed by atoms with Crippen LogP contribution in [-0.2, 0) is 10.0 Å². The number of benzene rings is 2. The lowest BCUT2D eigenvalue weighted by Gasteiger charge is -2.22. The van der Waals surface area contributed by atoms with Crippen molar-refractivity contribution >= 4 is 38.1 Å². The minimum atomic E-state index is -4.03. The van der Waals surface area contributed by atoms with E-state index in [1.807, 2.05) is 25.1 Å². The zero-order valence-electron chi connectivity index (χ0n) is 16.5. The van der Waals surface area contributed by atoms with Crippen molar-refractivity contribution in [3.8, 4) is 11.4 Å². The van der Waals surface area contributed by atoms with Crippen LogP contribution < -0.4 is 10.0 Å². The van der Waals surface area contributed by atoms with Gasteiger partial charge >= 0.3 is 0 Å². The fourth-order valence-electron chi connectivity index (χ4n) is 2.99. The van der Waals surface area contributed by atoms with Gasteiger partial charge in [-0.25, -0.2) is 17.7 Å². The number of thiazole rings is 1. The third-order valence-electron chi connectivity index (χ3n) is 4.51. The molecule has 2 aromatic carbocycles. The number of sulfonamides is 1. The number of nitrogens with zero attached hydrogens (tertiary/aromatic N) is 3. The summed E-state index contributed by atoms with van der Waals surface area (Å²) in [6.45, 7) is 1.89. The van der Waals surface area contributed by atoms with E-state index in [4.69, 9.17) is 5.73 Å². The van der Waals surface area contributed by atoms with Gasteiger partial charge in [0.1, 0.15) is 5.69 Å². The summed E-state index contributed by atoms with van der Waals surface area (Å²) < 4.78 is 28.5. The van der Waals surface area contributed by atoms with Crippen molar-refractivity contribution < 1.29 is 13.2 Å². The van der Waals surface area contributed by atoms with Crippen molar-refractivity contribution in [2.75, 3.05) is 4.31 Å². The van der Waals surface area contributed by atoms with E-state index in [9.17, 15) is 13.2 Å². The van der Waals surface area contributed by atoms with Crippen LogP contribution in [0, 0.1) is 6.92 Å². The molecule has 0 spiro atoms. The summed E-state index contributed by atoms with van der Waals surface area (Å²) in [6, 6.07) is 18.1. The molecular formula is C22H18N4O3S2. The maximum absolute atomic E-state index is 13.6. The monoisotopic (exact) mass is 450 g/mol. The Morgan fingerprint density at radius 2 is 1.77 bits per heavy atom. The normalized spacial score (nSPS) is 11.3. The molecule has 0 aliphatic heterocycles.